The zero-order valence-electron chi connectivity index (χ0n) is 11.8. The highest BCUT2D eigenvalue weighted by Gasteiger charge is 2.44. The van der Waals surface area contributed by atoms with Crippen molar-refractivity contribution in [1.29, 1.82) is 5.26 Å². The predicted molar refractivity (Wildman–Crippen MR) is 79.0 cm³/mol. The first-order valence-electron chi connectivity index (χ1n) is 6.47. The summed E-state index contributed by atoms with van der Waals surface area (Å²) in [5.74, 6) is 0.391. The van der Waals surface area contributed by atoms with E-state index in [1.807, 2.05) is 6.07 Å². The van der Waals surface area contributed by atoms with E-state index in [0.29, 0.717) is 17.0 Å². The molecular weight excluding hydrogens is 308 g/mol. The fourth-order valence-corrected chi connectivity index (χ4v) is 3.05. The van der Waals surface area contributed by atoms with E-state index < -0.39 is 23.9 Å². The summed E-state index contributed by atoms with van der Waals surface area (Å²) >= 11 is 1.30. The van der Waals surface area contributed by atoms with E-state index in [-0.39, 0.29) is 5.82 Å². The molecule has 1 saturated heterocycles. The Labute approximate surface area is 130 Å². The van der Waals surface area contributed by atoms with Crippen LogP contribution in [0, 0.1) is 11.3 Å². The minimum atomic E-state index is -1.12. The van der Waals surface area contributed by atoms with Gasteiger partial charge in [-0.25, -0.2) is 4.98 Å². The SMILES string of the molecule is CNc1nc(C#N)nc2c1ncn2[C@@H]1O[C@H](SC)[C@@H](O)[C@H]1O. The summed E-state index contributed by atoms with van der Waals surface area (Å²) < 4.78 is 7.16. The van der Waals surface area contributed by atoms with Crippen LogP contribution in [0.25, 0.3) is 11.2 Å². The molecule has 0 unspecified atom stereocenters. The third kappa shape index (κ3) is 2.19. The molecule has 3 heterocycles. The smallest absolute Gasteiger partial charge is 0.236 e. The molecule has 0 bridgehead atoms. The maximum absolute atomic E-state index is 10.2. The first-order chi connectivity index (χ1) is 10.6. The van der Waals surface area contributed by atoms with Gasteiger partial charge in [-0.3, -0.25) is 4.57 Å². The zero-order chi connectivity index (χ0) is 15.9. The van der Waals surface area contributed by atoms with Crippen molar-refractivity contribution in [3.8, 4) is 6.07 Å². The lowest BCUT2D eigenvalue weighted by Gasteiger charge is -2.16. The number of thioether (sulfide) groups is 1. The van der Waals surface area contributed by atoms with Crippen molar-refractivity contribution >= 4 is 28.7 Å². The van der Waals surface area contributed by atoms with Crippen LogP contribution in [0.4, 0.5) is 5.82 Å². The molecule has 1 aliphatic rings. The highest BCUT2D eigenvalue weighted by molar-refractivity contribution is 7.99. The van der Waals surface area contributed by atoms with Gasteiger partial charge in [-0.1, -0.05) is 0 Å². The first kappa shape index (κ1) is 15.0. The lowest BCUT2D eigenvalue weighted by atomic mass is 10.2. The van der Waals surface area contributed by atoms with Gasteiger partial charge >= 0.3 is 0 Å². The van der Waals surface area contributed by atoms with Crippen molar-refractivity contribution in [2.75, 3.05) is 18.6 Å². The average Bonchev–Trinajstić information content (AvgIpc) is 3.08. The monoisotopic (exact) mass is 322 g/mol. The highest BCUT2D eigenvalue weighted by atomic mass is 32.2. The van der Waals surface area contributed by atoms with E-state index >= 15 is 0 Å². The van der Waals surface area contributed by atoms with Crippen LogP contribution in [0.3, 0.4) is 0 Å². The maximum Gasteiger partial charge on any atom is 0.236 e. The van der Waals surface area contributed by atoms with Crippen LogP contribution >= 0.6 is 11.8 Å². The first-order valence-corrected chi connectivity index (χ1v) is 7.76. The van der Waals surface area contributed by atoms with Gasteiger partial charge in [0.1, 0.15) is 23.7 Å². The number of aliphatic hydroxyl groups excluding tert-OH is 2. The van der Waals surface area contributed by atoms with Crippen molar-refractivity contribution in [1.82, 2.24) is 19.5 Å². The summed E-state index contributed by atoms with van der Waals surface area (Å²) in [4.78, 5) is 12.4. The standard InChI is InChI=1S/C12H14N6O3S/c1-14-9-6-10(17-5(3-13)16-9)18(4-15-6)11-7(19)8(20)12(21-11)22-2/h4,7-8,11-12,19-20H,1-2H3,(H,14,16,17)/t7-,8+,11-,12-/m1/s1. The molecule has 116 valence electrons. The quantitative estimate of drug-likeness (QED) is 0.696. The van der Waals surface area contributed by atoms with Crippen molar-refractivity contribution in [3.05, 3.63) is 12.2 Å². The lowest BCUT2D eigenvalue weighted by molar-refractivity contribution is -0.0192. The number of aromatic nitrogens is 4. The van der Waals surface area contributed by atoms with Crippen LogP contribution in [0.2, 0.25) is 0 Å². The van der Waals surface area contributed by atoms with Gasteiger partial charge in [-0.05, 0) is 6.26 Å². The van der Waals surface area contributed by atoms with Crippen LogP contribution in [0.5, 0.6) is 0 Å². The van der Waals surface area contributed by atoms with E-state index in [1.165, 1.54) is 22.7 Å². The number of fused-ring (bicyclic) bond motifs is 1. The number of anilines is 1. The Balaban J connectivity index is 2.11. The van der Waals surface area contributed by atoms with Gasteiger partial charge in [0.05, 0.1) is 6.33 Å². The molecule has 0 saturated carbocycles. The number of imidazole rings is 1. The minimum absolute atomic E-state index is 0.0203. The zero-order valence-corrected chi connectivity index (χ0v) is 12.7. The second kappa shape index (κ2) is 5.69. The summed E-state index contributed by atoms with van der Waals surface area (Å²) in [6.07, 6.45) is 0.268. The molecule has 4 atom stereocenters. The number of hydrogen-bond acceptors (Lipinski definition) is 9. The molecule has 0 aromatic carbocycles. The number of nitrogens with one attached hydrogen (secondary N) is 1. The molecule has 0 amide bonds. The van der Waals surface area contributed by atoms with E-state index in [2.05, 4.69) is 20.3 Å². The summed E-state index contributed by atoms with van der Waals surface area (Å²) in [5.41, 5.74) is 0.270. The summed E-state index contributed by atoms with van der Waals surface area (Å²) in [6, 6.07) is 1.88. The third-order valence-electron chi connectivity index (χ3n) is 3.46. The Kier molecular flexibility index (Phi) is 3.88. The lowest BCUT2D eigenvalue weighted by Crippen LogP contribution is -2.30. The van der Waals surface area contributed by atoms with Crippen molar-refractivity contribution < 1.29 is 14.9 Å². The minimum Gasteiger partial charge on any atom is -0.387 e. The Hall–Kier alpha value is -1.93. The number of nitriles is 1. The molecule has 0 aliphatic carbocycles. The maximum atomic E-state index is 10.2. The van der Waals surface area contributed by atoms with Crippen molar-refractivity contribution in [2.24, 2.45) is 0 Å². The number of rotatable bonds is 3. The van der Waals surface area contributed by atoms with Gasteiger partial charge in [-0.2, -0.15) is 15.2 Å². The fourth-order valence-electron chi connectivity index (χ4n) is 2.38. The molecule has 3 N–H and O–H groups in total. The molecule has 2 aromatic rings. The molecule has 0 radical (unpaired) electrons. The van der Waals surface area contributed by atoms with Crippen LogP contribution in [0.15, 0.2) is 6.33 Å². The van der Waals surface area contributed by atoms with Crippen LogP contribution in [-0.4, -0.2) is 60.7 Å². The molecule has 1 fully saturated rings. The molecule has 22 heavy (non-hydrogen) atoms. The van der Waals surface area contributed by atoms with Crippen molar-refractivity contribution in [2.45, 2.75) is 23.9 Å². The number of ether oxygens (including phenoxy) is 1. The fraction of sp³-hybridized carbons (Fsp3) is 0.500. The highest BCUT2D eigenvalue weighted by Crippen LogP contribution is 2.35. The van der Waals surface area contributed by atoms with Gasteiger partial charge in [0.15, 0.2) is 23.2 Å². The Morgan fingerprint density at radius 3 is 2.77 bits per heavy atom. The normalized spacial score (nSPS) is 28.0. The Morgan fingerprint density at radius 2 is 2.18 bits per heavy atom. The van der Waals surface area contributed by atoms with Gasteiger partial charge in [0.2, 0.25) is 5.82 Å². The molecule has 0 spiro atoms. The topological polar surface area (TPSA) is 129 Å². The predicted octanol–water partition coefficient (Wildman–Crippen LogP) is -0.321. The number of nitrogens with zero attached hydrogens (tertiary/aromatic N) is 5. The van der Waals surface area contributed by atoms with Crippen molar-refractivity contribution in [3.63, 3.8) is 0 Å². The molecule has 9 nitrogen and oxygen atoms in total. The van der Waals surface area contributed by atoms with Gasteiger partial charge < -0.3 is 20.3 Å². The average molecular weight is 322 g/mol. The van der Waals surface area contributed by atoms with Crippen LogP contribution in [-0.2, 0) is 4.74 Å². The van der Waals surface area contributed by atoms with Gasteiger partial charge in [0.25, 0.3) is 0 Å². The molecular formula is C12H14N6O3S. The number of aliphatic hydroxyl groups is 2. The summed E-state index contributed by atoms with van der Waals surface area (Å²) in [7, 11) is 1.66. The van der Waals surface area contributed by atoms with Crippen LogP contribution in [0.1, 0.15) is 12.1 Å². The van der Waals surface area contributed by atoms with E-state index in [1.54, 1.807) is 13.3 Å². The largest absolute Gasteiger partial charge is 0.387 e. The second-order valence-electron chi connectivity index (χ2n) is 4.69. The Bertz CT molecular complexity index is 744. The van der Waals surface area contributed by atoms with E-state index in [0.717, 1.165) is 0 Å². The molecule has 1 aliphatic heterocycles. The third-order valence-corrected chi connectivity index (χ3v) is 4.31. The molecule has 3 rings (SSSR count). The Morgan fingerprint density at radius 1 is 1.41 bits per heavy atom. The molecule has 2 aromatic heterocycles. The molecule has 10 heteroatoms. The number of hydrogen-bond donors (Lipinski definition) is 3. The second-order valence-corrected chi connectivity index (χ2v) is 5.63. The summed E-state index contributed by atoms with van der Waals surface area (Å²) in [5, 5.41) is 32.0. The van der Waals surface area contributed by atoms with Crippen LogP contribution < -0.4 is 5.32 Å². The van der Waals surface area contributed by atoms with E-state index in [4.69, 9.17) is 10.00 Å². The van der Waals surface area contributed by atoms with Gasteiger partial charge in [0, 0.05) is 7.05 Å². The van der Waals surface area contributed by atoms with Gasteiger partial charge in [-0.15, -0.1) is 11.8 Å². The summed E-state index contributed by atoms with van der Waals surface area (Å²) in [6.45, 7) is 0. The van der Waals surface area contributed by atoms with E-state index in [9.17, 15) is 10.2 Å².